The van der Waals surface area contributed by atoms with Gasteiger partial charge in [0.25, 0.3) is 0 Å². The third kappa shape index (κ3) is 1.34. The summed E-state index contributed by atoms with van der Waals surface area (Å²) in [6.45, 7) is 0. The number of alkyl halides is 3. The number of halogens is 3. The molecular formula is C7H4F3N3. The van der Waals surface area contributed by atoms with E-state index in [1.54, 1.807) is 12.1 Å². The van der Waals surface area contributed by atoms with Gasteiger partial charge in [-0.15, -0.1) is 23.4 Å². The van der Waals surface area contributed by atoms with E-state index in [4.69, 9.17) is 0 Å². The van der Waals surface area contributed by atoms with Crippen LogP contribution in [0, 0.1) is 0 Å². The second kappa shape index (κ2) is 2.45. The third-order valence-corrected chi connectivity index (χ3v) is 1.51. The monoisotopic (exact) mass is 187 g/mol. The molecule has 1 aromatic carbocycles. The highest BCUT2D eigenvalue weighted by molar-refractivity contribution is 5.72. The Morgan fingerprint density at radius 1 is 1.00 bits per heavy atom. The molecule has 68 valence electrons. The zero-order valence-electron chi connectivity index (χ0n) is 6.28. The number of hydrogen-bond donors (Lipinski definition) is 0. The maximum absolute atomic E-state index is 12.1. The van der Waals surface area contributed by atoms with Gasteiger partial charge >= 0.3 is 6.30 Å². The number of aromatic nitrogens is 3. The fraction of sp³-hybridized carbons (Fsp3) is 0.143. The first-order valence-corrected chi connectivity index (χ1v) is 3.47. The molecule has 2 rings (SSSR count). The molecule has 13 heavy (non-hydrogen) atoms. The SMILES string of the molecule is FC(F)(F)n1nc2ccccc2n1. The molecule has 3 nitrogen and oxygen atoms in total. The first-order valence-electron chi connectivity index (χ1n) is 3.47. The maximum Gasteiger partial charge on any atom is 0.521 e. The van der Waals surface area contributed by atoms with Crippen molar-refractivity contribution in [2.24, 2.45) is 0 Å². The van der Waals surface area contributed by atoms with Crippen LogP contribution in [0.2, 0.25) is 0 Å². The lowest BCUT2D eigenvalue weighted by Gasteiger charge is -2.01. The van der Waals surface area contributed by atoms with E-state index in [2.05, 4.69) is 10.2 Å². The van der Waals surface area contributed by atoms with E-state index in [9.17, 15) is 13.2 Å². The highest BCUT2D eigenvalue weighted by Gasteiger charge is 2.33. The molecule has 1 heterocycles. The van der Waals surface area contributed by atoms with E-state index < -0.39 is 6.30 Å². The van der Waals surface area contributed by atoms with Crippen molar-refractivity contribution in [2.45, 2.75) is 6.30 Å². The molecule has 0 saturated heterocycles. The van der Waals surface area contributed by atoms with Crippen molar-refractivity contribution in [1.29, 1.82) is 0 Å². The Labute approximate surface area is 70.8 Å². The number of nitrogens with zero attached hydrogens (tertiary/aromatic N) is 3. The van der Waals surface area contributed by atoms with Crippen LogP contribution in [-0.4, -0.2) is 15.0 Å². The molecule has 0 N–H and O–H groups in total. The maximum atomic E-state index is 12.1. The lowest BCUT2D eigenvalue weighted by atomic mass is 10.3. The molecule has 0 fully saturated rings. The van der Waals surface area contributed by atoms with E-state index >= 15 is 0 Å². The third-order valence-electron chi connectivity index (χ3n) is 1.51. The molecule has 0 aliphatic heterocycles. The summed E-state index contributed by atoms with van der Waals surface area (Å²) in [7, 11) is 0. The Morgan fingerprint density at radius 3 is 1.85 bits per heavy atom. The lowest BCUT2D eigenvalue weighted by molar-refractivity contribution is -0.220. The van der Waals surface area contributed by atoms with E-state index in [0.717, 1.165) is 0 Å². The van der Waals surface area contributed by atoms with Gasteiger partial charge in [0.15, 0.2) is 0 Å². The molecule has 0 bridgehead atoms. The van der Waals surface area contributed by atoms with Crippen molar-refractivity contribution >= 4 is 11.0 Å². The van der Waals surface area contributed by atoms with Gasteiger partial charge in [-0.2, -0.15) is 0 Å². The van der Waals surface area contributed by atoms with Crippen LogP contribution in [0.25, 0.3) is 11.0 Å². The van der Waals surface area contributed by atoms with E-state index in [1.165, 1.54) is 12.1 Å². The van der Waals surface area contributed by atoms with Crippen molar-refractivity contribution in [1.82, 2.24) is 15.0 Å². The lowest BCUT2D eigenvalue weighted by Crippen LogP contribution is -2.19. The van der Waals surface area contributed by atoms with Crippen molar-refractivity contribution in [3.05, 3.63) is 24.3 Å². The van der Waals surface area contributed by atoms with Gasteiger partial charge in [0.05, 0.1) is 0 Å². The van der Waals surface area contributed by atoms with Crippen LogP contribution in [0.4, 0.5) is 13.2 Å². The molecule has 0 aliphatic rings. The second-order valence-corrected chi connectivity index (χ2v) is 2.45. The van der Waals surface area contributed by atoms with Crippen LogP contribution >= 0.6 is 0 Å². The first kappa shape index (κ1) is 8.03. The minimum atomic E-state index is -4.54. The average molecular weight is 187 g/mol. The van der Waals surface area contributed by atoms with Crippen molar-refractivity contribution < 1.29 is 13.2 Å². The topological polar surface area (TPSA) is 30.7 Å². The highest BCUT2D eigenvalue weighted by atomic mass is 19.4. The van der Waals surface area contributed by atoms with Gasteiger partial charge < -0.3 is 0 Å². The summed E-state index contributed by atoms with van der Waals surface area (Å²) in [6.07, 6.45) is -4.54. The van der Waals surface area contributed by atoms with E-state index in [0.29, 0.717) is 0 Å². The van der Waals surface area contributed by atoms with E-state index in [1.807, 2.05) is 0 Å². The van der Waals surface area contributed by atoms with Crippen molar-refractivity contribution in [3.8, 4) is 0 Å². The standard InChI is InChI=1S/C7H4F3N3/c8-7(9,10)13-11-5-3-1-2-4-6(5)12-13/h1-4H. The zero-order chi connectivity index (χ0) is 9.47. The number of hydrogen-bond acceptors (Lipinski definition) is 2. The molecular weight excluding hydrogens is 183 g/mol. The van der Waals surface area contributed by atoms with Crippen LogP contribution in [0.5, 0.6) is 0 Å². The van der Waals surface area contributed by atoms with E-state index in [-0.39, 0.29) is 15.8 Å². The normalized spacial score (nSPS) is 12.2. The Bertz CT molecular complexity index is 399. The van der Waals surface area contributed by atoms with Crippen LogP contribution in [0.15, 0.2) is 24.3 Å². The largest absolute Gasteiger partial charge is 0.521 e. The molecule has 2 aromatic rings. The molecule has 0 spiro atoms. The Hall–Kier alpha value is -1.59. The van der Waals surface area contributed by atoms with Crippen LogP contribution in [0.1, 0.15) is 0 Å². The predicted octanol–water partition coefficient (Wildman–Crippen LogP) is 1.91. The zero-order valence-corrected chi connectivity index (χ0v) is 6.28. The fourth-order valence-corrected chi connectivity index (χ4v) is 0.973. The fourth-order valence-electron chi connectivity index (χ4n) is 0.973. The molecule has 0 unspecified atom stereocenters. The molecule has 0 saturated carbocycles. The Kier molecular flexibility index (Phi) is 1.51. The van der Waals surface area contributed by atoms with Crippen LogP contribution in [0.3, 0.4) is 0 Å². The second-order valence-electron chi connectivity index (χ2n) is 2.45. The molecule has 0 aliphatic carbocycles. The highest BCUT2D eigenvalue weighted by Crippen LogP contribution is 2.21. The van der Waals surface area contributed by atoms with Gasteiger partial charge in [-0.3, -0.25) is 0 Å². The smallest absolute Gasteiger partial charge is 0.148 e. The summed E-state index contributed by atoms with van der Waals surface area (Å²) < 4.78 is 36.2. The van der Waals surface area contributed by atoms with Gasteiger partial charge in [0.2, 0.25) is 0 Å². The van der Waals surface area contributed by atoms with Gasteiger partial charge in [-0.25, -0.2) is 0 Å². The first-order chi connectivity index (χ1) is 6.07. The predicted molar refractivity (Wildman–Crippen MR) is 38.8 cm³/mol. The number of benzene rings is 1. The molecule has 0 atom stereocenters. The van der Waals surface area contributed by atoms with Crippen molar-refractivity contribution in [2.75, 3.05) is 0 Å². The van der Waals surface area contributed by atoms with Gasteiger partial charge in [0, 0.05) is 0 Å². The molecule has 1 aromatic heterocycles. The number of fused-ring (bicyclic) bond motifs is 1. The summed E-state index contributed by atoms with van der Waals surface area (Å²) in [5, 5.41) is 6.53. The van der Waals surface area contributed by atoms with Crippen LogP contribution < -0.4 is 0 Å². The van der Waals surface area contributed by atoms with Crippen molar-refractivity contribution in [3.63, 3.8) is 0 Å². The van der Waals surface area contributed by atoms with Gasteiger partial charge in [-0.05, 0) is 12.1 Å². The summed E-state index contributed by atoms with van der Waals surface area (Å²) >= 11 is 0. The minimum Gasteiger partial charge on any atom is -0.148 e. The molecule has 0 radical (unpaired) electrons. The van der Waals surface area contributed by atoms with Gasteiger partial charge in [0.1, 0.15) is 11.0 Å². The average Bonchev–Trinajstić information content (AvgIpc) is 2.45. The minimum absolute atomic E-state index is 0.236. The number of rotatable bonds is 0. The summed E-state index contributed by atoms with van der Waals surface area (Å²) in [5.41, 5.74) is 0.472. The Morgan fingerprint density at radius 2 is 1.46 bits per heavy atom. The molecule has 0 amide bonds. The molecule has 6 heteroatoms. The van der Waals surface area contributed by atoms with Crippen LogP contribution in [-0.2, 0) is 6.30 Å². The summed E-state index contributed by atoms with van der Waals surface area (Å²) in [5.74, 6) is 0. The quantitative estimate of drug-likeness (QED) is 0.630. The summed E-state index contributed by atoms with van der Waals surface area (Å²) in [4.78, 5) is -0.238. The summed E-state index contributed by atoms with van der Waals surface area (Å²) in [6, 6.07) is 6.17. The van der Waals surface area contributed by atoms with Gasteiger partial charge in [-0.1, -0.05) is 16.9 Å². The Balaban J connectivity index is 2.63.